The molecule has 2 rings (SSSR count). The lowest BCUT2D eigenvalue weighted by molar-refractivity contribution is -0.271. The highest BCUT2D eigenvalue weighted by molar-refractivity contribution is 5.10. The Morgan fingerprint density at radius 3 is 2.92 bits per heavy atom. The van der Waals surface area contributed by atoms with Gasteiger partial charge in [-0.3, -0.25) is 4.98 Å². The van der Waals surface area contributed by atoms with E-state index in [1.807, 2.05) is 6.07 Å². The summed E-state index contributed by atoms with van der Waals surface area (Å²) < 4.78 is 5.23. The number of hydrogen-bond acceptors (Lipinski definition) is 2. The lowest BCUT2D eigenvalue weighted by Gasteiger charge is -2.29. The minimum absolute atomic E-state index is 0.509. The van der Waals surface area contributed by atoms with Crippen molar-refractivity contribution in [2.24, 2.45) is 0 Å². The maximum absolute atomic E-state index is 12.0. The zero-order valence-electron chi connectivity index (χ0n) is 7.40. The van der Waals surface area contributed by atoms with E-state index in [9.17, 15) is 5.11 Å². The van der Waals surface area contributed by atoms with E-state index in [0.29, 0.717) is 18.7 Å². The first-order chi connectivity index (χ1) is 6.31. The van der Waals surface area contributed by atoms with Gasteiger partial charge in [-0.1, -0.05) is 6.07 Å². The Balaban J connectivity index is 2.23. The van der Waals surface area contributed by atoms with Gasteiger partial charge in [-0.15, -0.1) is 0 Å². The second-order valence-corrected chi connectivity index (χ2v) is 3.27. The van der Waals surface area contributed by atoms with Crippen LogP contribution in [-0.4, -0.2) is 11.6 Å². The van der Waals surface area contributed by atoms with Gasteiger partial charge in [-0.25, -0.2) is 0 Å². The van der Waals surface area contributed by atoms with E-state index >= 15 is 0 Å². The van der Waals surface area contributed by atoms with Crippen LogP contribution in [0.1, 0.15) is 25.0 Å². The molecule has 1 aromatic heterocycles. The largest absolute Gasteiger partial charge is 0.343 e. The minimum Gasteiger partial charge on any atom is -0.343 e. The van der Waals surface area contributed by atoms with Crippen molar-refractivity contribution in [3.05, 3.63) is 30.1 Å². The van der Waals surface area contributed by atoms with E-state index in [0.717, 1.165) is 12.8 Å². The first-order valence-corrected chi connectivity index (χ1v) is 4.57. The number of ether oxygens (including phenoxy) is 1. The first-order valence-electron chi connectivity index (χ1n) is 4.57. The highest BCUT2D eigenvalue weighted by Crippen LogP contribution is 2.31. The number of pyridine rings is 1. The summed E-state index contributed by atoms with van der Waals surface area (Å²) in [6.45, 7) is 0.556. The standard InChI is InChI=1S/C10H12NO2/c12-10(6-2-4-8-13-10)9-5-1-3-7-11-9/h1,3,5,7H,2,4,6,8H2. The van der Waals surface area contributed by atoms with Gasteiger partial charge in [0.1, 0.15) is 5.69 Å². The average Bonchev–Trinajstić information content (AvgIpc) is 2.20. The van der Waals surface area contributed by atoms with Gasteiger partial charge in [0.25, 0.3) is 0 Å². The summed E-state index contributed by atoms with van der Waals surface area (Å²) in [7, 11) is 0. The number of hydrogen-bond donors (Lipinski definition) is 0. The highest BCUT2D eigenvalue weighted by atomic mass is 16.6. The van der Waals surface area contributed by atoms with Crippen LogP contribution < -0.4 is 0 Å². The third kappa shape index (κ3) is 1.71. The van der Waals surface area contributed by atoms with Crippen molar-refractivity contribution in [3.63, 3.8) is 0 Å². The molecule has 0 aliphatic carbocycles. The molecular formula is C10H12NO2. The SMILES string of the molecule is [O]C1(c2ccccn2)CCCCO1. The van der Waals surface area contributed by atoms with E-state index in [2.05, 4.69) is 4.98 Å². The van der Waals surface area contributed by atoms with Gasteiger partial charge in [0, 0.05) is 12.6 Å². The van der Waals surface area contributed by atoms with Crippen LogP contribution in [0.5, 0.6) is 0 Å². The fraction of sp³-hybridized carbons (Fsp3) is 0.500. The van der Waals surface area contributed by atoms with Crippen molar-refractivity contribution in [1.29, 1.82) is 0 Å². The molecule has 3 nitrogen and oxygen atoms in total. The minimum atomic E-state index is -1.39. The topological polar surface area (TPSA) is 42.0 Å². The van der Waals surface area contributed by atoms with Crippen LogP contribution in [0, 0.1) is 0 Å². The maximum Gasteiger partial charge on any atom is 0.244 e. The second kappa shape index (κ2) is 3.44. The predicted molar refractivity (Wildman–Crippen MR) is 46.4 cm³/mol. The quantitative estimate of drug-likeness (QED) is 0.658. The van der Waals surface area contributed by atoms with Gasteiger partial charge in [0.15, 0.2) is 0 Å². The molecule has 0 bridgehead atoms. The van der Waals surface area contributed by atoms with Crippen LogP contribution >= 0.6 is 0 Å². The summed E-state index contributed by atoms with van der Waals surface area (Å²) in [5, 5.41) is 12.0. The molecule has 13 heavy (non-hydrogen) atoms. The van der Waals surface area contributed by atoms with Gasteiger partial charge in [-0.2, -0.15) is 5.11 Å². The van der Waals surface area contributed by atoms with E-state index in [1.54, 1.807) is 18.3 Å². The second-order valence-electron chi connectivity index (χ2n) is 3.27. The maximum atomic E-state index is 12.0. The molecule has 1 aromatic rings. The Kier molecular flexibility index (Phi) is 2.29. The van der Waals surface area contributed by atoms with Gasteiger partial charge in [0.2, 0.25) is 5.79 Å². The summed E-state index contributed by atoms with van der Waals surface area (Å²) in [6, 6.07) is 5.36. The Morgan fingerprint density at radius 1 is 1.38 bits per heavy atom. The summed E-state index contributed by atoms with van der Waals surface area (Å²) in [6.07, 6.45) is 4.08. The van der Waals surface area contributed by atoms with Gasteiger partial charge >= 0.3 is 0 Å². The van der Waals surface area contributed by atoms with Gasteiger partial charge in [-0.05, 0) is 25.0 Å². The first kappa shape index (κ1) is 8.66. The van der Waals surface area contributed by atoms with Crippen LogP contribution in [0.2, 0.25) is 0 Å². The molecule has 0 N–H and O–H groups in total. The molecule has 0 amide bonds. The third-order valence-corrected chi connectivity index (χ3v) is 2.29. The number of nitrogens with zero attached hydrogens (tertiary/aromatic N) is 1. The molecule has 3 heteroatoms. The van der Waals surface area contributed by atoms with Crippen LogP contribution in [-0.2, 0) is 15.6 Å². The highest BCUT2D eigenvalue weighted by Gasteiger charge is 2.35. The van der Waals surface area contributed by atoms with E-state index in [4.69, 9.17) is 4.74 Å². The molecule has 1 saturated heterocycles. The van der Waals surface area contributed by atoms with E-state index in [-0.39, 0.29) is 0 Å². The Hall–Kier alpha value is -0.930. The molecule has 1 radical (unpaired) electrons. The fourth-order valence-corrected chi connectivity index (χ4v) is 1.56. The Bertz CT molecular complexity index is 268. The van der Waals surface area contributed by atoms with E-state index in [1.165, 1.54) is 0 Å². The van der Waals surface area contributed by atoms with E-state index < -0.39 is 5.79 Å². The van der Waals surface area contributed by atoms with Crippen molar-refractivity contribution >= 4 is 0 Å². The Labute approximate surface area is 77.4 Å². The third-order valence-electron chi connectivity index (χ3n) is 2.29. The molecule has 1 aliphatic rings. The molecule has 69 valence electrons. The van der Waals surface area contributed by atoms with Crippen molar-refractivity contribution in [1.82, 2.24) is 4.98 Å². The number of rotatable bonds is 1. The molecular weight excluding hydrogens is 166 g/mol. The zero-order valence-corrected chi connectivity index (χ0v) is 7.40. The van der Waals surface area contributed by atoms with Crippen molar-refractivity contribution < 1.29 is 9.84 Å². The van der Waals surface area contributed by atoms with Crippen molar-refractivity contribution in [2.45, 2.75) is 25.0 Å². The molecule has 1 aliphatic heterocycles. The molecule has 1 atom stereocenters. The summed E-state index contributed by atoms with van der Waals surface area (Å²) in [4.78, 5) is 4.04. The molecule has 0 saturated carbocycles. The molecule has 0 spiro atoms. The molecule has 2 heterocycles. The molecule has 1 fully saturated rings. The Morgan fingerprint density at radius 2 is 2.31 bits per heavy atom. The monoisotopic (exact) mass is 178 g/mol. The summed E-state index contributed by atoms with van der Waals surface area (Å²) in [5.41, 5.74) is 0.509. The smallest absolute Gasteiger partial charge is 0.244 e. The lowest BCUT2D eigenvalue weighted by atomic mass is 10.0. The number of aromatic nitrogens is 1. The lowest BCUT2D eigenvalue weighted by Crippen LogP contribution is -2.32. The van der Waals surface area contributed by atoms with Crippen LogP contribution in [0.25, 0.3) is 0 Å². The zero-order chi connectivity index (χ0) is 9.15. The average molecular weight is 178 g/mol. The van der Waals surface area contributed by atoms with Crippen LogP contribution in [0.4, 0.5) is 0 Å². The van der Waals surface area contributed by atoms with Gasteiger partial charge < -0.3 is 4.74 Å². The van der Waals surface area contributed by atoms with Crippen LogP contribution in [0.15, 0.2) is 24.4 Å². The summed E-state index contributed by atoms with van der Waals surface area (Å²) in [5.74, 6) is -1.39. The van der Waals surface area contributed by atoms with Gasteiger partial charge in [0.05, 0.1) is 6.61 Å². The van der Waals surface area contributed by atoms with Crippen molar-refractivity contribution in [2.75, 3.05) is 6.61 Å². The van der Waals surface area contributed by atoms with Crippen LogP contribution in [0.3, 0.4) is 0 Å². The molecule has 1 unspecified atom stereocenters. The predicted octanol–water partition coefficient (Wildman–Crippen LogP) is 1.87. The molecule has 0 aromatic carbocycles. The fourth-order valence-electron chi connectivity index (χ4n) is 1.56. The normalized spacial score (nSPS) is 28.7. The van der Waals surface area contributed by atoms with Crippen molar-refractivity contribution in [3.8, 4) is 0 Å². The summed E-state index contributed by atoms with van der Waals surface area (Å²) >= 11 is 0.